The summed E-state index contributed by atoms with van der Waals surface area (Å²) in [7, 11) is 0. The second-order valence-electron chi connectivity index (χ2n) is 5.74. The summed E-state index contributed by atoms with van der Waals surface area (Å²) >= 11 is 0. The van der Waals surface area contributed by atoms with Gasteiger partial charge in [-0.3, -0.25) is 0 Å². The molecule has 0 aromatic heterocycles. The van der Waals surface area contributed by atoms with Crippen molar-refractivity contribution in [2.24, 2.45) is 0 Å². The van der Waals surface area contributed by atoms with Crippen molar-refractivity contribution in [2.45, 2.75) is 6.42 Å². The molecule has 0 saturated heterocycles. The number of hydrogen-bond donors (Lipinski definition) is 0. The summed E-state index contributed by atoms with van der Waals surface area (Å²) in [5, 5.41) is 8.27. The van der Waals surface area contributed by atoms with Crippen molar-refractivity contribution in [3.63, 3.8) is 0 Å². The SMILES string of the molecule is C1=Cc2c(c3c(c4ccccc24)C=c2ccccc2=3)=CC1. The molecule has 0 aliphatic heterocycles. The van der Waals surface area contributed by atoms with Crippen molar-refractivity contribution in [2.75, 3.05) is 0 Å². The number of benzene rings is 3. The highest BCUT2D eigenvalue weighted by Crippen LogP contribution is 2.25. The van der Waals surface area contributed by atoms with E-state index in [0.717, 1.165) is 6.42 Å². The average Bonchev–Trinajstić information content (AvgIpc) is 2.95. The largest absolute Gasteiger partial charge is 0.0801 e. The smallest absolute Gasteiger partial charge is 0.00232 e. The molecule has 0 radical (unpaired) electrons. The molecule has 21 heavy (non-hydrogen) atoms. The van der Waals surface area contributed by atoms with Crippen LogP contribution in [0.3, 0.4) is 0 Å². The van der Waals surface area contributed by atoms with Crippen LogP contribution in [0.25, 0.3) is 29.0 Å². The Morgan fingerprint density at radius 3 is 2.43 bits per heavy atom. The Labute approximate surface area is 122 Å². The highest BCUT2D eigenvalue weighted by atomic mass is 14.2. The summed E-state index contributed by atoms with van der Waals surface area (Å²) in [6.07, 6.45) is 10.3. The lowest BCUT2D eigenvalue weighted by atomic mass is 9.93. The third-order valence-electron chi connectivity index (χ3n) is 4.61. The molecule has 0 fully saturated rings. The van der Waals surface area contributed by atoms with Crippen molar-refractivity contribution in [1.82, 2.24) is 0 Å². The predicted molar refractivity (Wildman–Crippen MR) is 89.0 cm³/mol. The van der Waals surface area contributed by atoms with Crippen molar-refractivity contribution < 1.29 is 0 Å². The van der Waals surface area contributed by atoms with Crippen LogP contribution in [0.2, 0.25) is 0 Å². The maximum absolute atomic E-state index is 2.37. The maximum atomic E-state index is 2.37. The topological polar surface area (TPSA) is 0 Å². The summed E-state index contributed by atoms with van der Waals surface area (Å²) in [4.78, 5) is 0. The van der Waals surface area contributed by atoms with Crippen molar-refractivity contribution in [3.05, 3.63) is 86.6 Å². The number of rotatable bonds is 0. The van der Waals surface area contributed by atoms with Crippen LogP contribution in [0.15, 0.2) is 54.6 Å². The minimum absolute atomic E-state index is 1.03. The molecule has 0 spiro atoms. The molecular weight excluding hydrogens is 252 g/mol. The first-order valence-electron chi connectivity index (χ1n) is 7.46. The van der Waals surface area contributed by atoms with Crippen LogP contribution >= 0.6 is 0 Å². The molecule has 0 unspecified atom stereocenters. The van der Waals surface area contributed by atoms with Crippen molar-refractivity contribution >= 4 is 29.0 Å². The van der Waals surface area contributed by atoms with Gasteiger partial charge in [0.2, 0.25) is 0 Å². The summed E-state index contributed by atoms with van der Waals surface area (Å²) < 4.78 is 0. The van der Waals surface area contributed by atoms with Gasteiger partial charge in [-0.15, -0.1) is 0 Å². The fourth-order valence-corrected chi connectivity index (χ4v) is 3.72. The summed E-state index contributed by atoms with van der Waals surface area (Å²) in [6.45, 7) is 0. The van der Waals surface area contributed by atoms with E-state index in [1.165, 1.54) is 42.8 Å². The lowest BCUT2D eigenvalue weighted by Crippen LogP contribution is -2.13. The van der Waals surface area contributed by atoms with Gasteiger partial charge in [0.15, 0.2) is 0 Å². The zero-order valence-corrected chi connectivity index (χ0v) is 11.6. The van der Waals surface area contributed by atoms with Gasteiger partial charge < -0.3 is 0 Å². The Morgan fingerprint density at radius 2 is 1.52 bits per heavy atom. The minimum Gasteiger partial charge on any atom is -0.0801 e. The van der Waals surface area contributed by atoms with Crippen molar-refractivity contribution in [3.8, 4) is 0 Å². The minimum atomic E-state index is 1.03. The van der Waals surface area contributed by atoms with E-state index in [1.807, 2.05) is 0 Å². The first-order valence-corrected chi connectivity index (χ1v) is 7.46. The van der Waals surface area contributed by atoms with Gasteiger partial charge >= 0.3 is 0 Å². The highest BCUT2D eigenvalue weighted by molar-refractivity contribution is 5.98. The quantitative estimate of drug-likeness (QED) is 0.457. The molecule has 0 amide bonds. The fraction of sp³-hybridized carbons (Fsp3) is 0.0476. The van der Waals surface area contributed by atoms with Gasteiger partial charge in [0.05, 0.1) is 0 Å². The molecule has 0 bridgehead atoms. The molecule has 0 N–H and O–H groups in total. The molecule has 98 valence electrons. The first kappa shape index (κ1) is 11.1. The van der Waals surface area contributed by atoms with Gasteiger partial charge in [-0.1, -0.05) is 66.8 Å². The second kappa shape index (κ2) is 3.95. The van der Waals surface area contributed by atoms with E-state index in [1.54, 1.807) is 0 Å². The fourth-order valence-electron chi connectivity index (χ4n) is 3.72. The standard InChI is InChI=1S/C21H14/c1-2-8-15-14(7-1)13-20-18-11-4-3-9-16(18)17-10-5-6-12-19(17)21(15)20/h1-5,7-13H,6H2. The van der Waals surface area contributed by atoms with E-state index in [2.05, 4.69) is 72.8 Å². The Balaban J connectivity index is 2.23. The van der Waals surface area contributed by atoms with Crippen LogP contribution in [-0.2, 0) is 0 Å². The van der Waals surface area contributed by atoms with Crippen LogP contribution in [-0.4, -0.2) is 0 Å². The van der Waals surface area contributed by atoms with E-state index >= 15 is 0 Å². The summed E-state index contributed by atoms with van der Waals surface area (Å²) in [5.74, 6) is 0. The molecule has 2 aliphatic carbocycles. The van der Waals surface area contributed by atoms with Gasteiger partial charge in [-0.25, -0.2) is 0 Å². The highest BCUT2D eigenvalue weighted by Gasteiger charge is 2.13. The normalized spacial score (nSPS) is 14.1. The molecule has 0 heterocycles. The second-order valence-corrected chi connectivity index (χ2v) is 5.74. The van der Waals surface area contributed by atoms with Gasteiger partial charge in [0, 0.05) is 0 Å². The molecule has 0 heteroatoms. The zero-order chi connectivity index (χ0) is 13.8. The van der Waals surface area contributed by atoms with Crippen LogP contribution in [0.5, 0.6) is 0 Å². The maximum Gasteiger partial charge on any atom is -0.00232 e. The number of fused-ring (bicyclic) bond motifs is 7. The molecule has 2 aliphatic rings. The first-order chi connectivity index (χ1) is 10.4. The van der Waals surface area contributed by atoms with Gasteiger partial charge in [-0.2, -0.15) is 0 Å². The Hall–Kier alpha value is -2.60. The molecule has 5 rings (SSSR count). The zero-order valence-electron chi connectivity index (χ0n) is 11.6. The van der Waals surface area contributed by atoms with Gasteiger partial charge in [0.1, 0.15) is 0 Å². The number of hydrogen-bond acceptors (Lipinski definition) is 0. The third-order valence-corrected chi connectivity index (χ3v) is 4.61. The Morgan fingerprint density at radius 1 is 0.762 bits per heavy atom. The van der Waals surface area contributed by atoms with E-state index in [-0.39, 0.29) is 0 Å². The molecule has 3 aromatic carbocycles. The molecule has 0 atom stereocenters. The van der Waals surface area contributed by atoms with Crippen LogP contribution in [0.1, 0.15) is 17.5 Å². The monoisotopic (exact) mass is 266 g/mol. The molecule has 3 aromatic rings. The van der Waals surface area contributed by atoms with Crippen LogP contribution in [0, 0.1) is 10.4 Å². The average molecular weight is 266 g/mol. The van der Waals surface area contributed by atoms with E-state index < -0.39 is 0 Å². The van der Waals surface area contributed by atoms with Crippen LogP contribution in [0.4, 0.5) is 0 Å². The van der Waals surface area contributed by atoms with Crippen LogP contribution < -0.4 is 10.4 Å². The summed E-state index contributed by atoms with van der Waals surface area (Å²) in [5.41, 5.74) is 2.76. The Kier molecular flexibility index (Phi) is 2.09. The van der Waals surface area contributed by atoms with E-state index in [4.69, 9.17) is 0 Å². The van der Waals surface area contributed by atoms with Gasteiger partial charge in [-0.05, 0) is 55.3 Å². The Bertz CT molecular complexity index is 1150. The molecular formula is C21H14. The third kappa shape index (κ3) is 1.39. The van der Waals surface area contributed by atoms with E-state index in [0.29, 0.717) is 0 Å². The van der Waals surface area contributed by atoms with Crippen molar-refractivity contribution in [1.29, 1.82) is 0 Å². The predicted octanol–water partition coefficient (Wildman–Crippen LogP) is 3.47. The van der Waals surface area contributed by atoms with Gasteiger partial charge in [0.25, 0.3) is 0 Å². The molecule has 0 nitrogen and oxygen atoms in total. The molecule has 0 saturated carbocycles. The lowest BCUT2D eigenvalue weighted by molar-refractivity contribution is 1.38. The van der Waals surface area contributed by atoms with E-state index in [9.17, 15) is 0 Å². The number of allylic oxidation sites excluding steroid dienone is 1. The summed E-state index contributed by atoms with van der Waals surface area (Å²) in [6, 6.07) is 17.5. The lowest BCUT2D eigenvalue weighted by Gasteiger charge is -2.11.